The summed E-state index contributed by atoms with van der Waals surface area (Å²) < 4.78 is 21.4. The Labute approximate surface area is 283 Å². The number of aliphatic hydroxyl groups is 3. The van der Waals surface area contributed by atoms with Crippen LogP contribution in [0.2, 0.25) is 0 Å². The molecule has 48 heavy (non-hydrogen) atoms. The van der Waals surface area contributed by atoms with Gasteiger partial charge in [0, 0.05) is 35.8 Å². The molecule has 8 aliphatic rings. The van der Waals surface area contributed by atoms with E-state index in [-0.39, 0.29) is 39.2 Å². The van der Waals surface area contributed by atoms with E-state index in [0.29, 0.717) is 32.1 Å². The number of carbonyl (C=O) groups excluding carboxylic acids is 4. The molecule has 8 rings (SSSR count). The number of hydrogen-bond donors (Lipinski definition) is 3. The Kier molecular flexibility index (Phi) is 8.66. The third kappa shape index (κ3) is 6.47. The van der Waals surface area contributed by atoms with E-state index in [1.54, 1.807) is 0 Å². The van der Waals surface area contributed by atoms with Gasteiger partial charge in [0.2, 0.25) is 0 Å². The van der Waals surface area contributed by atoms with E-state index in [0.717, 1.165) is 32.1 Å². The van der Waals surface area contributed by atoms with Crippen LogP contribution >= 0.6 is 0 Å². The van der Waals surface area contributed by atoms with Crippen LogP contribution in [-0.4, -0.2) is 80.4 Å². The summed E-state index contributed by atoms with van der Waals surface area (Å²) in [7, 11) is 0. The van der Waals surface area contributed by atoms with Crippen molar-refractivity contribution in [3.63, 3.8) is 0 Å². The average molecular weight is 675 g/mol. The molecule has 8 bridgehead atoms. The van der Waals surface area contributed by atoms with Gasteiger partial charge in [-0.3, -0.25) is 0 Å². The van der Waals surface area contributed by atoms with Gasteiger partial charge in [0.25, 0.3) is 0 Å². The highest BCUT2D eigenvalue weighted by molar-refractivity contribution is 5.89. The first-order chi connectivity index (χ1) is 21.8. The van der Waals surface area contributed by atoms with Crippen molar-refractivity contribution in [1.29, 1.82) is 0 Å². The molecule has 11 heteroatoms. The molecule has 8 saturated carbocycles. The SMILES string of the molecule is C=C(C)C(=O)OCC(=O)OC12CC3(C)CC(C)(CC(O)(C3)C1C)C2.C=C(C)C(=O)OCC(=O)OC12CC3(C)CC(O)(CC(O)(C3)C1C)C2. The Morgan fingerprint density at radius 3 is 1.31 bits per heavy atom. The van der Waals surface area contributed by atoms with Gasteiger partial charge < -0.3 is 34.3 Å². The molecule has 0 spiro atoms. The maximum atomic E-state index is 12.3. The van der Waals surface area contributed by atoms with Crippen LogP contribution in [0.4, 0.5) is 0 Å². The van der Waals surface area contributed by atoms with Gasteiger partial charge in [-0.15, -0.1) is 0 Å². The van der Waals surface area contributed by atoms with Gasteiger partial charge in [-0.1, -0.05) is 47.8 Å². The van der Waals surface area contributed by atoms with Crippen LogP contribution in [-0.2, 0) is 38.1 Å². The second-order valence-corrected chi connectivity index (χ2v) is 17.9. The summed E-state index contributed by atoms with van der Waals surface area (Å²) in [5, 5.41) is 33.1. The van der Waals surface area contributed by atoms with Gasteiger partial charge >= 0.3 is 23.9 Å². The first-order valence-corrected chi connectivity index (χ1v) is 17.1. The van der Waals surface area contributed by atoms with Gasteiger partial charge in [0.1, 0.15) is 11.2 Å². The van der Waals surface area contributed by atoms with Crippen molar-refractivity contribution >= 4 is 23.9 Å². The highest BCUT2D eigenvalue weighted by Gasteiger charge is 2.72. The molecule has 0 aromatic carbocycles. The fourth-order valence-electron chi connectivity index (χ4n) is 11.9. The summed E-state index contributed by atoms with van der Waals surface area (Å²) >= 11 is 0. The summed E-state index contributed by atoms with van der Waals surface area (Å²) in [6.07, 6.45) is 6.57. The van der Waals surface area contributed by atoms with E-state index in [9.17, 15) is 34.5 Å². The van der Waals surface area contributed by atoms with Crippen molar-refractivity contribution in [3.8, 4) is 0 Å². The molecule has 0 amide bonds. The van der Waals surface area contributed by atoms with E-state index in [1.807, 2.05) is 20.8 Å². The minimum atomic E-state index is -1.03. The summed E-state index contributed by atoms with van der Waals surface area (Å²) in [5.74, 6) is -2.84. The Morgan fingerprint density at radius 1 is 0.583 bits per heavy atom. The highest BCUT2D eigenvalue weighted by atomic mass is 16.6. The molecule has 0 aromatic heterocycles. The van der Waals surface area contributed by atoms with Crippen molar-refractivity contribution in [1.82, 2.24) is 0 Å². The number of rotatable bonds is 8. The van der Waals surface area contributed by atoms with Crippen molar-refractivity contribution in [2.24, 2.45) is 28.1 Å². The van der Waals surface area contributed by atoms with E-state index in [4.69, 9.17) is 18.9 Å². The normalized spacial score (nSPS) is 45.8. The molecular formula is C37H54O11. The maximum absolute atomic E-state index is 12.3. The van der Waals surface area contributed by atoms with Crippen molar-refractivity contribution < 1.29 is 53.4 Å². The molecule has 8 fully saturated rings. The zero-order valence-electron chi connectivity index (χ0n) is 29.7. The molecule has 8 atom stereocenters. The minimum absolute atomic E-state index is 0.0127. The largest absolute Gasteiger partial charge is 0.456 e. The Morgan fingerprint density at radius 2 is 0.938 bits per heavy atom. The second kappa shape index (κ2) is 11.4. The fraction of sp³-hybridized carbons (Fsp3) is 0.784. The number of carbonyl (C=O) groups is 4. The van der Waals surface area contributed by atoms with Crippen LogP contribution in [0, 0.1) is 28.1 Å². The lowest BCUT2D eigenvalue weighted by molar-refractivity contribution is -0.309. The van der Waals surface area contributed by atoms with Gasteiger partial charge in [0.15, 0.2) is 13.2 Å². The molecule has 11 nitrogen and oxygen atoms in total. The maximum Gasteiger partial charge on any atom is 0.344 e. The van der Waals surface area contributed by atoms with Gasteiger partial charge in [-0.2, -0.15) is 0 Å². The summed E-state index contributed by atoms with van der Waals surface area (Å²) in [4.78, 5) is 47.4. The topological polar surface area (TPSA) is 166 Å². The molecule has 3 N–H and O–H groups in total. The third-order valence-electron chi connectivity index (χ3n) is 12.4. The summed E-state index contributed by atoms with van der Waals surface area (Å²) in [5.41, 5.74) is -4.24. The van der Waals surface area contributed by atoms with E-state index < -0.39 is 65.1 Å². The predicted molar refractivity (Wildman–Crippen MR) is 173 cm³/mol. The van der Waals surface area contributed by atoms with E-state index in [1.165, 1.54) is 13.8 Å². The standard InChI is InChI=1S/C19H28O5.C18H26O6/c1-12(2)15(21)23-6-14(20)24-19-10-16(4)7-17(5,11-19)9-18(22,8-16)13(19)3;1-11(2)14(20)23-5-13(19)24-18-8-15(4)6-16(21,10-18)9-17(22,7-15)12(18)3/h13,22H,1,6-11H2,2-5H3;12,21-22H,1,5-10H2,2-4H3. The summed E-state index contributed by atoms with van der Waals surface area (Å²) in [6.45, 7) is 19.3. The number of esters is 4. The van der Waals surface area contributed by atoms with Crippen molar-refractivity contribution in [2.75, 3.05) is 13.2 Å². The van der Waals surface area contributed by atoms with Gasteiger partial charge in [-0.25, -0.2) is 19.2 Å². The Bertz CT molecular complexity index is 1290. The molecule has 0 saturated heterocycles. The minimum Gasteiger partial charge on any atom is -0.456 e. The fourth-order valence-corrected chi connectivity index (χ4v) is 11.9. The van der Waals surface area contributed by atoms with Gasteiger partial charge in [-0.05, 0) is 81.5 Å². The van der Waals surface area contributed by atoms with E-state index >= 15 is 0 Å². The molecule has 0 aliphatic heterocycles. The van der Waals surface area contributed by atoms with Crippen LogP contribution in [0.15, 0.2) is 24.3 Å². The quantitative estimate of drug-likeness (QED) is 0.192. The molecule has 268 valence electrons. The molecule has 8 unspecified atom stereocenters. The lowest BCUT2D eigenvalue weighted by Crippen LogP contribution is -2.74. The first-order valence-electron chi connectivity index (χ1n) is 17.1. The van der Waals surface area contributed by atoms with Gasteiger partial charge in [0.05, 0.1) is 16.8 Å². The van der Waals surface area contributed by atoms with Crippen molar-refractivity contribution in [2.45, 2.75) is 141 Å². The predicted octanol–water partition coefficient (Wildman–Crippen LogP) is 4.24. The third-order valence-corrected chi connectivity index (χ3v) is 12.4. The summed E-state index contributed by atoms with van der Waals surface area (Å²) in [6, 6.07) is 0. The molecule has 0 aromatic rings. The molecule has 0 radical (unpaired) electrons. The monoisotopic (exact) mass is 674 g/mol. The number of hydrogen-bond acceptors (Lipinski definition) is 11. The lowest BCUT2D eigenvalue weighted by atomic mass is 9.39. The van der Waals surface area contributed by atoms with Crippen LogP contribution in [0.25, 0.3) is 0 Å². The Hall–Kier alpha value is -2.76. The zero-order valence-corrected chi connectivity index (χ0v) is 29.7. The lowest BCUT2D eigenvalue weighted by Gasteiger charge is -2.69. The second-order valence-electron chi connectivity index (χ2n) is 17.9. The average Bonchev–Trinajstić information content (AvgIpc) is 2.88. The molecule has 0 heterocycles. The van der Waals surface area contributed by atoms with Crippen molar-refractivity contribution in [3.05, 3.63) is 24.3 Å². The van der Waals surface area contributed by atoms with E-state index in [2.05, 4.69) is 27.0 Å². The van der Waals surface area contributed by atoms with Crippen LogP contribution in [0.5, 0.6) is 0 Å². The van der Waals surface area contributed by atoms with Crippen LogP contribution in [0.3, 0.4) is 0 Å². The smallest absolute Gasteiger partial charge is 0.344 e. The molecular weight excluding hydrogens is 620 g/mol. The highest BCUT2D eigenvalue weighted by Crippen LogP contribution is 2.71. The Balaban J connectivity index is 0.000000188. The first kappa shape index (κ1) is 36.5. The van der Waals surface area contributed by atoms with Crippen LogP contribution in [0.1, 0.15) is 113 Å². The molecule has 8 aliphatic carbocycles. The zero-order chi connectivity index (χ0) is 35.9. The van der Waals surface area contributed by atoms with Crippen LogP contribution < -0.4 is 0 Å². The number of ether oxygens (including phenoxy) is 4.